The number of aryl methyl sites for hydroxylation is 1. The van der Waals surface area contributed by atoms with Crippen molar-refractivity contribution in [2.45, 2.75) is 45.6 Å². The molecule has 8 nitrogen and oxygen atoms in total. The van der Waals surface area contributed by atoms with Gasteiger partial charge in [-0.05, 0) is 57.4 Å². The van der Waals surface area contributed by atoms with Crippen LogP contribution in [-0.4, -0.2) is 54.0 Å². The van der Waals surface area contributed by atoms with Crippen LogP contribution in [0.15, 0.2) is 48.5 Å². The Labute approximate surface area is 212 Å². The number of H-pyrrole nitrogens is 1. The Bertz CT molecular complexity index is 1320. The molecule has 0 bridgehead atoms. The lowest BCUT2D eigenvalue weighted by Gasteiger charge is -2.19. The van der Waals surface area contributed by atoms with Crippen LogP contribution in [0.5, 0.6) is 0 Å². The third-order valence-electron chi connectivity index (χ3n) is 5.69. The monoisotopic (exact) mass is 489 g/mol. The fraction of sp³-hybridized carbons (Fsp3) is 0.393. The van der Waals surface area contributed by atoms with Crippen LogP contribution in [0, 0.1) is 0 Å². The van der Waals surface area contributed by atoms with E-state index < -0.39 is 11.7 Å². The Hall–Kier alpha value is -3.65. The molecule has 2 heterocycles. The van der Waals surface area contributed by atoms with E-state index in [1.54, 1.807) is 0 Å². The molecule has 0 spiro atoms. The number of para-hydroxylation sites is 1. The molecule has 2 aromatic heterocycles. The Morgan fingerprint density at radius 1 is 1.00 bits per heavy atom. The van der Waals surface area contributed by atoms with Crippen LogP contribution in [-0.2, 0) is 22.3 Å². The van der Waals surface area contributed by atoms with Crippen LogP contribution < -0.4 is 10.2 Å². The number of imidazole rings is 1. The van der Waals surface area contributed by atoms with Crippen molar-refractivity contribution in [3.05, 3.63) is 59.9 Å². The first-order valence-electron chi connectivity index (χ1n) is 12.3. The first-order chi connectivity index (χ1) is 17.2. The molecule has 0 saturated heterocycles. The number of rotatable bonds is 9. The second kappa shape index (κ2) is 11.0. The van der Waals surface area contributed by atoms with E-state index in [9.17, 15) is 4.79 Å². The van der Waals surface area contributed by atoms with Crippen molar-refractivity contribution < 1.29 is 14.3 Å². The highest BCUT2D eigenvalue weighted by molar-refractivity contribution is 6.08. The molecule has 36 heavy (non-hydrogen) atoms. The van der Waals surface area contributed by atoms with Crippen LogP contribution in [0.2, 0.25) is 0 Å². The average Bonchev–Trinajstić information content (AvgIpc) is 3.25. The number of hydrogen-bond donors (Lipinski definition) is 2. The zero-order chi connectivity index (χ0) is 25.7. The smallest absolute Gasteiger partial charge is 0.413 e. The first-order valence-corrected chi connectivity index (χ1v) is 12.3. The predicted molar refractivity (Wildman–Crippen MR) is 145 cm³/mol. The molecule has 0 saturated carbocycles. The van der Waals surface area contributed by atoms with Gasteiger partial charge in [0.15, 0.2) is 5.82 Å². The molecule has 0 atom stereocenters. The Morgan fingerprint density at radius 2 is 1.75 bits per heavy atom. The fourth-order valence-corrected chi connectivity index (χ4v) is 3.96. The second-order valence-electron chi connectivity index (χ2n) is 10.0. The molecule has 0 radical (unpaired) electrons. The third kappa shape index (κ3) is 6.51. The Morgan fingerprint density at radius 3 is 2.47 bits per heavy atom. The molecule has 190 valence electrons. The number of hydrogen-bond acceptors (Lipinski definition) is 6. The maximum Gasteiger partial charge on any atom is 0.413 e. The molecule has 0 fully saturated rings. The molecule has 0 aliphatic carbocycles. The molecule has 0 aliphatic heterocycles. The molecule has 4 aromatic rings. The van der Waals surface area contributed by atoms with Gasteiger partial charge in [-0.25, -0.2) is 14.8 Å². The summed E-state index contributed by atoms with van der Waals surface area (Å²) < 4.78 is 11.3. The predicted octanol–water partition coefficient (Wildman–Crippen LogP) is 5.72. The van der Waals surface area contributed by atoms with E-state index in [0.29, 0.717) is 31.0 Å². The zero-order valence-electron chi connectivity index (χ0n) is 21.7. The number of fused-ring (bicyclic) bond motifs is 3. The Balaban J connectivity index is 1.37. The van der Waals surface area contributed by atoms with Crippen molar-refractivity contribution >= 4 is 39.5 Å². The van der Waals surface area contributed by atoms with Gasteiger partial charge in [0.2, 0.25) is 0 Å². The number of nitrogens with one attached hydrogen (secondary N) is 2. The molecule has 0 aliphatic rings. The number of carbonyl (C=O) groups is 1. The average molecular weight is 490 g/mol. The number of benzene rings is 2. The summed E-state index contributed by atoms with van der Waals surface area (Å²) in [6.45, 7) is 6.71. The van der Waals surface area contributed by atoms with Gasteiger partial charge in [-0.15, -0.1) is 0 Å². The van der Waals surface area contributed by atoms with Crippen molar-refractivity contribution in [3.63, 3.8) is 0 Å². The number of pyridine rings is 1. The summed E-state index contributed by atoms with van der Waals surface area (Å²) >= 11 is 0. The minimum atomic E-state index is -0.605. The summed E-state index contributed by atoms with van der Waals surface area (Å²) in [5, 5.41) is 3.70. The van der Waals surface area contributed by atoms with E-state index in [0.717, 1.165) is 35.1 Å². The summed E-state index contributed by atoms with van der Waals surface area (Å²) in [6.07, 6.45) is 2.02. The molecule has 0 unspecified atom stereocenters. The van der Waals surface area contributed by atoms with E-state index in [1.165, 1.54) is 11.3 Å². The molecule has 2 N–H and O–H groups in total. The second-order valence-corrected chi connectivity index (χ2v) is 10.0. The fourth-order valence-electron chi connectivity index (χ4n) is 3.96. The highest BCUT2D eigenvalue weighted by Crippen LogP contribution is 2.28. The van der Waals surface area contributed by atoms with Gasteiger partial charge in [-0.2, -0.15) is 0 Å². The van der Waals surface area contributed by atoms with Gasteiger partial charge in [0, 0.05) is 38.2 Å². The van der Waals surface area contributed by atoms with Crippen molar-refractivity contribution in [3.8, 4) is 0 Å². The Kier molecular flexibility index (Phi) is 7.74. The number of aromatic nitrogens is 3. The minimum absolute atomic E-state index is 0.401. The van der Waals surface area contributed by atoms with Crippen molar-refractivity contribution in [1.29, 1.82) is 0 Å². The lowest BCUT2D eigenvalue weighted by atomic mass is 10.1. The third-order valence-corrected chi connectivity index (χ3v) is 5.69. The van der Waals surface area contributed by atoms with E-state index >= 15 is 0 Å². The lowest BCUT2D eigenvalue weighted by Crippen LogP contribution is -2.27. The number of anilines is 2. The first kappa shape index (κ1) is 25.4. The van der Waals surface area contributed by atoms with E-state index in [1.807, 2.05) is 59.1 Å². The van der Waals surface area contributed by atoms with Gasteiger partial charge in [0.05, 0.1) is 12.1 Å². The minimum Gasteiger partial charge on any atom is -0.444 e. The van der Waals surface area contributed by atoms with Crippen LogP contribution in [0.1, 0.15) is 38.6 Å². The topological polar surface area (TPSA) is 92.4 Å². The largest absolute Gasteiger partial charge is 0.444 e. The van der Waals surface area contributed by atoms with Gasteiger partial charge in [0.25, 0.3) is 0 Å². The van der Waals surface area contributed by atoms with Crippen LogP contribution in [0.25, 0.3) is 21.9 Å². The molecule has 4 rings (SSSR count). The summed E-state index contributed by atoms with van der Waals surface area (Å²) in [4.78, 5) is 27.3. The van der Waals surface area contributed by atoms with E-state index in [2.05, 4.69) is 44.5 Å². The molecule has 8 heteroatoms. The summed E-state index contributed by atoms with van der Waals surface area (Å²) in [6, 6.07) is 16.4. The normalized spacial score (nSPS) is 11.7. The molecule has 1 amide bonds. The van der Waals surface area contributed by atoms with Crippen molar-refractivity contribution in [2.75, 3.05) is 37.5 Å². The van der Waals surface area contributed by atoms with Crippen molar-refractivity contribution in [1.82, 2.24) is 15.0 Å². The summed E-state index contributed by atoms with van der Waals surface area (Å²) in [5.74, 6) is 1.19. The van der Waals surface area contributed by atoms with Gasteiger partial charge in [-0.3, -0.25) is 5.32 Å². The van der Waals surface area contributed by atoms with Crippen LogP contribution >= 0.6 is 0 Å². The maximum absolute atomic E-state index is 12.4. The number of nitrogens with zero attached hydrogens (tertiary/aromatic N) is 3. The summed E-state index contributed by atoms with van der Waals surface area (Å²) in [7, 11) is 4.09. The number of amides is 1. The molecular formula is C28H35N5O3. The standard InChI is InChI=1S/C28H35N5O3/c1-28(2,3)36-27(34)32-26-25-24(21-10-6-7-11-22(21)29-26)30-23(31-25)16-18-35-17-8-9-19-12-14-20(15-13-19)33(4)5/h6-7,10-15H,8-9,16-18H2,1-5H3,(H,30,31)(H,29,32,34). The maximum atomic E-state index is 12.4. The lowest BCUT2D eigenvalue weighted by molar-refractivity contribution is 0.0635. The number of aromatic amines is 1. The van der Waals surface area contributed by atoms with Crippen LogP contribution in [0.3, 0.4) is 0 Å². The quantitative estimate of drug-likeness (QED) is 0.292. The van der Waals surface area contributed by atoms with Gasteiger partial charge >= 0.3 is 6.09 Å². The zero-order valence-corrected chi connectivity index (χ0v) is 21.7. The molecular weight excluding hydrogens is 454 g/mol. The summed E-state index contributed by atoms with van der Waals surface area (Å²) in [5.41, 5.74) is 4.10. The van der Waals surface area contributed by atoms with Crippen molar-refractivity contribution in [2.24, 2.45) is 0 Å². The number of carbonyl (C=O) groups excluding carboxylic acids is 1. The SMILES string of the molecule is CN(C)c1ccc(CCCOCCc2nc3c([nH]2)c(NC(=O)OC(C)(C)C)nc2ccccc23)cc1. The highest BCUT2D eigenvalue weighted by Gasteiger charge is 2.20. The van der Waals surface area contributed by atoms with E-state index in [4.69, 9.17) is 14.5 Å². The van der Waals surface area contributed by atoms with Gasteiger partial charge in [-0.1, -0.05) is 30.3 Å². The van der Waals surface area contributed by atoms with Gasteiger partial charge in [0.1, 0.15) is 22.5 Å². The number of ether oxygens (including phenoxy) is 2. The molecule has 2 aromatic carbocycles. The highest BCUT2D eigenvalue weighted by atomic mass is 16.6. The van der Waals surface area contributed by atoms with Crippen LogP contribution in [0.4, 0.5) is 16.3 Å². The van der Waals surface area contributed by atoms with E-state index in [-0.39, 0.29) is 0 Å². The van der Waals surface area contributed by atoms with Gasteiger partial charge < -0.3 is 19.4 Å².